The highest BCUT2D eigenvalue weighted by Gasteiger charge is 2.26. The van der Waals surface area contributed by atoms with Crippen molar-refractivity contribution in [2.45, 2.75) is 52.6 Å². The molecular formula is C24H31ClN2O3. The lowest BCUT2D eigenvalue weighted by Crippen LogP contribution is -2.49. The second-order valence-corrected chi connectivity index (χ2v) is 8.06. The quantitative estimate of drug-likeness (QED) is 0.589. The molecular weight excluding hydrogens is 400 g/mol. The summed E-state index contributed by atoms with van der Waals surface area (Å²) in [6.45, 7) is 8.70. The van der Waals surface area contributed by atoms with Crippen LogP contribution in [0.15, 0.2) is 48.5 Å². The van der Waals surface area contributed by atoms with Crippen LogP contribution in [0.1, 0.15) is 51.2 Å². The number of halogens is 1. The van der Waals surface area contributed by atoms with Crippen molar-refractivity contribution in [2.75, 3.05) is 13.2 Å². The van der Waals surface area contributed by atoms with E-state index in [2.05, 4.69) is 19.2 Å². The monoisotopic (exact) mass is 430 g/mol. The van der Waals surface area contributed by atoms with Crippen LogP contribution in [0.4, 0.5) is 0 Å². The zero-order valence-corrected chi connectivity index (χ0v) is 18.9. The molecule has 0 saturated carbocycles. The molecule has 0 spiro atoms. The summed E-state index contributed by atoms with van der Waals surface area (Å²) >= 11 is 5.96. The van der Waals surface area contributed by atoms with Crippen LogP contribution >= 0.6 is 11.6 Å². The third kappa shape index (κ3) is 7.06. The minimum atomic E-state index is -0.619. The average molecular weight is 431 g/mol. The molecule has 2 aromatic carbocycles. The summed E-state index contributed by atoms with van der Waals surface area (Å²) in [7, 11) is 0. The maximum absolute atomic E-state index is 13.0. The highest BCUT2D eigenvalue weighted by atomic mass is 35.5. The van der Waals surface area contributed by atoms with Gasteiger partial charge < -0.3 is 15.0 Å². The van der Waals surface area contributed by atoms with Gasteiger partial charge in [0.2, 0.25) is 5.91 Å². The van der Waals surface area contributed by atoms with Crippen molar-refractivity contribution in [1.29, 1.82) is 0 Å². The molecule has 0 aliphatic carbocycles. The van der Waals surface area contributed by atoms with Gasteiger partial charge in [0.05, 0.1) is 0 Å². The molecule has 0 bridgehead atoms. The van der Waals surface area contributed by atoms with Crippen LogP contribution in [0.25, 0.3) is 0 Å². The lowest BCUT2D eigenvalue weighted by molar-refractivity contribution is -0.142. The van der Waals surface area contributed by atoms with Gasteiger partial charge in [-0.2, -0.15) is 0 Å². The average Bonchev–Trinajstić information content (AvgIpc) is 2.75. The fourth-order valence-electron chi connectivity index (χ4n) is 2.94. The van der Waals surface area contributed by atoms with Gasteiger partial charge in [-0.1, -0.05) is 56.6 Å². The number of nitrogens with zero attached hydrogens (tertiary/aromatic N) is 1. The second-order valence-electron chi connectivity index (χ2n) is 7.63. The Morgan fingerprint density at radius 3 is 2.23 bits per heavy atom. The molecule has 6 heteroatoms. The van der Waals surface area contributed by atoms with Gasteiger partial charge in [-0.3, -0.25) is 9.59 Å². The summed E-state index contributed by atoms with van der Waals surface area (Å²) < 4.78 is 5.71. The number of hydrogen-bond acceptors (Lipinski definition) is 3. The van der Waals surface area contributed by atoms with Gasteiger partial charge in [0.25, 0.3) is 5.91 Å². The van der Waals surface area contributed by atoms with E-state index in [-0.39, 0.29) is 18.4 Å². The molecule has 162 valence electrons. The maximum Gasteiger partial charge on any atom is 0.261 e. The summed E-state index contributed by atoms with van der Waals surface area (Å²) in [6, 6.07) is 14.4. The predicted octanol–water partition coefficient (Wildman–Crippen LogP) is 4.79. The molecule has 30 heavy (non-hydrogen) atoms. The van der Waals surface area contributed by atoms with E-state index in [1.807, 2.05) is 43.3 Å². The van der Waals surface area contributed by atoms with E-state index in [4.69, 9.17) is 16.3 Å². The van der Waals surface area contributed by atoms with Gasteiger partial charge >= 0.3 is 0 Å². The number of ether oxygens (including phenoxy) is 1. The van der Waals surface area contributed by atoms with E-state index < -0.39 is 6.04 Å². The Labute approximate surface area is 184 Å². The molecule has 0 aromatic heterocycles. The van der Waals surface area contributed by atoms with Crippen molar-refractivity contribution < 1.29 is 14.3 Å². The van der Waals surface area contributed by atoms with Crippen molar-refractivity contribution in [3.63, 3.8) is 0 Å². The normalized spacial score (nSPS) is 11.8. The summed E-state index contributed by atoms with van der Waals surface area (Å²) in [5, 5.41) is 3.48. The zero-order chi connectivity index (χ0) is 22.1. The van der Waals surface area contributed by atoms with Gasteiger partial charge in [0.15, 0.2) is 6.61 Å². The summed E-state index contributed by atoms with van der Waals surface area (Å²) in [5.41, 5.74) is 2.10. The first-order valence-electron chi connectivity index (χ1n) is 10.4. The number of hydrogen-bond donors (Lipinski definition) is 1. The number of carbonyl (C=O) groups excluding carboxylic acids is 2. The van der Waals surface area contributed by atoms with Crippen LogP contribution in [-0.4, -0.2) is 35.9 Å². The molecule has 5 nitrogen and oxygen atoms in total. The standard InChI is InChI=1S/C24H31ClN2O3/c1-5-14-26-24(29)18(4)27(15-19-6-10-21(25)11-7-19)23(28)16-30-22-12-8-20(9-13-22)17(2)3/h6-13,17-18H,5,14-16H2,1-4H3,(H,26,29)/t18-/m0/s1. The van der Waals surface area contributed by atoms with Gasteiger partial charge in [-0.15, -0.1) is 0 Å². The first-order chi connectivity index (χ1) is 14.3. The number of carbonyl (C=O) groups is 2. The molecule has 0 fully saturated rings. The predicted molar refractivity (Wildman–Crippen MR) is 121 cm³/mol. The van der Waals surface area contributed by atoms with E-state index in [1.54, 1.807) is 19.1 Å². The molecule has 0 unspecified atom stereocenters. The van der Waals surface area contributed by atoms with Gasteiger partial charge in [-0.25, -0.2) is 0 Å². The molecule has 0 aliphatic heterocycles. The first-order valence-corrected chi connectivity index (χ1v) is 10.7. The Balaban J connectivity index is 2.09. The SMILES string of the molecule is CCCNC(=O)[C@H](C)N(Cc1ccc(Cl)cc1)C(=O)COc1ccc(C(C)C)cc1. The maximum atomic E-state index is 13.0. The highest BCUT2D eigenvalue weighted by Crippen LogP contribution is 2.19. The number of rotatable bonds is 10. The number of nitrogens with one attached hydrogen (secondary N) is 1. The third-order valence-electron chi connectivity index (χ3n) is 4.89. The topological polar surface area (TPSA) is 58.6 Å². The van der Waals surface area contributed by atoms with E-state index >= 15 is 0 Å². The summed E-state index contributed by atoms with van der Waals surface area (Å²) in [6.07, 6.45) is 0.832. The van der Waals surface area contributed by atoms with Gasteiger partial charge in [0, 0.05) is 18.1 Å². The lowest BCUT2D eigenvalue weighted by Gasteiger charge is -2.28. The van der Waals surface area contributed by atoms with Crippen LogP contribution in [-0.2, 0) is 16.1 Å². The van der Waals surface area contributed by atoms with Crippen LogP contribution in [0.2, 0.25) is 5.02 Å². The molecule has 1 atom stereocenters. The smallest absolute Gasteiger partial charge is 0.261 e. The molecule has 1 N–H and O–H groups in total. The number of benzene rings is 2. The Morgan fingerprint density at radius 1 is 1.03 bits per heavy atom. The van der Waals surface area contributed by atoms with Crippen molar-refractivity contribution in [3.8, 4) is 5.75 Å². The molecule has 2 amide bonds. The Hall–Kier alpha value is -2.53. The fraction of sp³-hybridized carbons (Fsp3) is 0.417. The van der Waals surface area contributed by atoms with E-state index in [0.29, 0.717) is 29.8 Å². The molecule has 2 rings (SSSR count). The third-order valence-corrected chi connectivity index (χ3v) is 5.14. The van der Waals surface area contributed by atoms with Gasteiger partial charge in [0.1, 0.15) is 11.8 Å². The summed E-state index contributed by atoms with van der Waals surface area (Å²) in [5.74, 6) is 0.623. The van der Waals surface area contributed by atoms with Crippen molar-refractivity contribution in [3.05, 3.63) is 64.7 Å². The zero-order valence-electron chi connectivity index (χ0n) is 18.2. The van der Waals surface area contributed by atoms with Crippen LogP contribution in [0, 0.1) is 0 Å². The Kier molecular flexibility index (Phi) is 9.18. The van der Waals surface area contributed by atoms with Gasteiger partial charge in [-0.05, 0) is 54.7 Å². The molecule has 0 radical (unpaired) electrons. The van der Waals surface area contributed by atoms with Crippen LogP contribution in [0.3, 0.4) is 0 Å². The molecule has 0 saturated heterocycles. The fourth-order valence-corrected chi connectivity index (χ4v) is 3.07. The van der Waals surface area contributed by atoms with Crippen LogP contribution in [0.5, 0.6) is 5.75 Å². The Morgan fingerprint density at radius 2 is 1.67 bits per heavy atom. The molecule has 0 heterocycles. The van der Waals surface area contributed by atoms with E-state index in [9.17, 15) is 9.59 Å². The van der Waals surface area contributed by atoms with Crippen molar-refractivity contribution >= 4 is 23.4 Å². The van der Waals surface area contributed by atoms with Crippen LogP contribution < -0.4 is 10.1 Å². The minimum Gasteiger partial charge on any atom is -0.484 e. The molecule has 0 aliphatic rings. The minimum absolute atomic E-state index is 0.139. The highest BCUT2D eigenvalue weighted by molar-refractivity contribution is 6.30. The largest absolute Gasteiger partial charge is 0.484 e. The summed E-state index contributed by atoms with van der Waals surface area (Å²) in [4.78, 5) is 27.0. The van der Waals surface area contributed by atoms with E-state index in [0.717, 1.165) is 12.0 Å². The lowest BCUT2D eigenvalue weighted by atomic mass is 10.0. The first kappa shape index (κ1) is 23.7. The molecule has 2 aromatic rings. The number of amides is 2. The Bertz CT molecular complexity index is 819. The second kappa shape index (κ2) is 11.6. The van der Waals surface area contributed by atoms with E-state index in [1.165, 1.54) is 10.5 Å². The van der Waals surface area contributed by atoms with Crippen molar-refractivity contribution in [1.82, 2.24) is 10.2 Å². The van der Waals surface area contributed by atoms with Crippen molar-refractivity contribution in [2.24, 2.45) is 0 Å².